The summed E-state index contributed by atoms with van der Waals surface area (Å²) >= 11 is 0. The van der Waals surface area contributed by atoms with Crippen molar-refractivity contribution in [3.63, 3.8) is 0 Å². The Hall–Kier alpha value is -0.740. The molecule has 0 saturated carbocycles. The first kappa shape index (κ1) is 8.26. The van der Waals surface area contributed by atoms with E-state index >= 15 is 0 Å². The minimum atomic E-state index is -1.13. The van der Waals surface area contributed by atoms with E-state index in [0.717, 1.165) is 0 Å². The second-order valence-corrected chi connectivity index (χ2v) is 1.36. The highest BCUT2D eigenvalue weighted by atomic mass is 16.6. The van der Waals surface area contributed by atoms with Crippen LogP contribution in [-0.4, -0.2) is 30.6 Å². The molecule has 0 bridgehead atoms. The maximum absolute atomic E-state index is 9.65. The first-order valence-electron chi connectivity index (χ1n) is 2.48. The van der Waals surface area contributed by atoms with Gasteiger partial charge in [-0.3, -0.25) is 0 Å². The third-order valence-electron chi connectivity index (χ3n) is 0.655. The number of aliphatic hydroxyl groups excluding tert-OH is 1. The summed E-state index contributed by atoms with van der Waals surface area (Å²) < 4.78 is 4.39. The van der Waals surface area contributed by atoms with Crippen LogP contribution < -0.4 is 0 Å². The predicted molar refractivity (Wildman–Crippen MR) is 28.7 cm³/mol. The molecule has 0 aliphatic carbocycles. The van der Waals surface area contributed by atoms with Crippen LogP contribution in [0.25, 0.3) is 0 Å². The van der Waals surface area contributed by atoms with Gasteiger partial charge in [-0.25, -0.2) is 0 Å². The molecule has 0 rings (SSSR count). The smallest absolute Gasteiger partial charge is 0.161 e. The number of rotatable bonds is 5. The summed E-state index contributed by atoms with van der Waals surface area (Å²) in [6, 6.07) is 0. The van der Waals surface area contributed by atoms with Gasteiger partial charge in [-0.2, -0.15) is 0 Å². The van der Waals surface area contributed by atoms with E-state index in [1.807, 2.05) is 0 Å². The van der Waals surface area contributed by atoms with Gasteiger partial charge in [-0.15, -0.1) is 0 Å². The lowest BCUT2D eigenvalue weighted by molar-refractivity contribution is -0.135. The minimum absolute atomic E-state index is 0.0894. The molecule has 52 valence electrons. The monoisotopic (exact) mass is 132 g/mol. The summed E-state index contributed by atoms with van der Waals surface area (Å²) in [4.78, 5) is 19.2. The molecule has 1 atom stereocenters. The number of aldehydes is 2. The SMILES string of the molecule is O=CCO[C@@H](O)CC=O. The molecule has 0 unspecified atom stereocenters. The molecule has 4 heteroatoms. The molecule has 0 aliphatic rings. The highest BCUT2D eigenvalue weighted by Gasteiger charge is 1.99. The van der Waals surface area contributed by atoms with Crippen LogP contribution in [0.3, 0.4) is 0 Å². The lowest BCUT2D eigenvalue weighted by atomic mass is 10.5. The van der Waals surface area contributed by atoms with Crippen LogP contribution in [0.5, 0.6) is 0 Å². The van der Waals surface area contributed by atoms with E-state index in [2.05, 4.69) is 4.74 Å². The van der Waals surface area contributed by atoms with E-state index in [0.29, 0.717) is 12.6 Å². The van der Waals surface area contributed by atoms with Crippen molar-refractivity contribution >= 4 is 12.6 Å². The van der Waals surface area contributed by atoms with Gasteiger partial charge in [-0.1, -0.05) is 0 Å². The van der Waals surface area contributed by atoms with Gasteiger partial charge in [0.1, 0.15) is 19.2 Å². The Morgan fingerprint density at radius 3 is 2.56 bits per heavy atom. The molecule has 0 saturated heterocycles. The molecular formula is C5H8O4. The van der Waals surface area contributed by atoms with Crippen molar-refractivity contribution in [1.29, 1.82) is 0 Å². The van der Waals surface area contributed by atoms with Crippen molar-refractivity contribution in [3.05, 3.63) is 0 Å². The third kappa shape index (κ3) is 5.13. The van der Waals surface area contributed by atoms with Gasteiger partial charge in [0.2, 0.25) is 0 Å². The van der Waals surface area contributed by atoms with Crippen LogP contribution in [0.2, 0.25) is 0 Å². The zero-order valence-corrected chi connectivity index (χ0v) is 4.82. The molecule has 4 nitrogen and oxygen atoms in total. The van der Waals surface area contributed by atoms with Crippen molar-refractivity contribution in [3.8, 4) is 0 Å². The predicted octanol–water partition coefficient (Wildman–Crippen LogP) is -0.891. The van der Waals surface area contributed by atoms with Crippen molar-refractivity contribution in [2.24, 2.45) is 0 Å². The molecule has 9 heavy (non-hydrogen) atoms. The van der Waals surface area contributed by atoms with Gasteiger partial charge in [0.15, 0.2) is 6.29 Å². The normalized spacial score (nSPS) is 12.6. The van der Waals surface area contributed by atoms with E-state index in [1.165, 1.54) is 0 Å². The van der Waals surface area contributed by atoms with E-state index in [1.54, 1.807) is 0 Å². The Kier molecular flexibility index (Phi) is 4.95. The first-order chi connectivity index (χ1) is 4.31. The Balaban J connectivity index is 3.14. The van der Waals surface area contributed by atoms with Crippen LogP contribution in [-0.2, 0) is 14.3 Å². The fourth-order valence-corrected chi connectivity index (χ4v) is 0.301. The Morgan fingerprint density at radius 1 is 1.44 bits per heavy atom. The number of ether oxygens (including phenoxy) is 1. The molecule has 0 aromatic rings. The second-order valence-electron chi connectivity index (χ2n) is 1.36. The molecule has 0 spiro atoms. The zero-order chi connectivity index (χ0) is 7.11. The summed E-state index contributed by atoms with van der Waals surface area (Å²) in [5.41, 5.74) is 0. The van der Waals surface area contributed by atoms with Crippen molar-refractivity contribution < 1.29 is 19.4 Å². The molecule has 0 heterocycles. The third-order valence-corrected chi connectivity index (χ3v) is 0.655. The summed E-state index contributed by atoms with van der Waals surface area (Å²) in [7, 11) is 0. The van der Waals surface area contributed by atoms with Gasteiger partial charge < -0.3 is 19.4 Å². The highest BCUT2D eigenvalue weighted by molar-refractivity contribution is 5.51. The lowest BCUT2D eigenvalue weighted by Crippen LogP contribution is -2.13. The molecular weight excluding hydrogens is 124 g/mol. The lowest BCUT2D eigenvalue weighted by Gasteiger charge is -2.03. The Bertz CT molecular complexity index is 91.0. The van der Waals surface area contributed by atoms with Crippen LogP contribution in [0, 0.1) is 0 Å². The van der Waals surface area contributed by atoms with E-state index < -0.39 is 6.29 Å². The van der Waals surface area contributed by atoms with Crippen molar-refractivity contribution in [1.82, 2.24) is 0 Å². The quantitative estimate of drug-likeness (QED) is 0.389. The summed E-state index contributed by atoms with van der Waals surface area (Å²) in [5.74, 6) is 0. The second kappa shape index (κ2) is 5.40. The minimum Gasteiger partial charge on any atom is -0.368 e. The number of hydrogen-bond donors (Lipinski definition) is 1. The number of carbonyl (C=O) groups is 2. The van der Waals surface area contributed by atoms with Crippen molar-refractivity contribution in [2.75, 3.05) is 6.61 Å². The summed E-state index contributed by atoms with van der Waals surface area (Å²) in [5, 5.41) is 8.57. The maximum Gasteiger partial charge on any atom is 0.161 e. The molecule has 0 aromatic carbocycles. The van der Waals surface area contributed by atoms with Crippen LogP contribution >= 0.6 is 0 Å². The van der Waals surface area contributed by atoms with Gasteiger partial charge >= 0.3 is 0 Å². The fourth-order valence-electron chi connectivity index (χ4n) is 0.301. The molecule has 0 amide bonds. The van der Waals surface area contributed by atoms with Crippen LogP contribution in [0.4, 0.5) is 0 Å². The summed E-state index contributed by atoms with van der Waals surface area (Å²) in [6.45, 7) is -0.172. The van der Waals surface area contributed by atoms with Gasteiger partial charge in [0.05, 0.1) is 6.42 Å². The van der Waals surface area contributed by atoms with Gasteiger partial charge in [0, 0.05) is 0 Å². The number of hydrogen-bond acceptors (Lipinski definition) is 4. The largest absolute Gasteiger partial charge is 0.368 e. The van der Waals surface area contributed by atoms with E-state index in [9.17, 15) is 9.59 Å². The zero-order valence-electron chi connectivity index (χ0n) is 4.82. The van der Waals surface area contributed by atoms with Crippen LogP contribution in [0.1, 0.15) is 6.42 Å². The molecule has 0 aliphatic heterocycles. The number of carbonyl (C=O) groups excluding carboxylic acids is 2. The maximum atomic E-state index is 9.65. The Labute approximate surface area is 52.4 Å². The topological polar surface area (TPSA) is 63.6 Å². The highest BCUT2D eigenvalue weighted by Crippen LogP contribution is 1.87. The molecule has 1 N–H and O–H groups in total. The fraction of sp³-hybridized carbons (Fsp3) is 0.600. The molecule has 0 aromatic heterocycles. The van der Waals surface area contributed by atoms with Crippen molar-refractivity contribution in [2.45, 2.75) is 12.7 Å². The summed E-state index contributed by atoms with van der Waals surface area (Å²) in [6.07, 6.45) is -0.190. The standard InChI is InChI=1S/C5H8O4/c6-2-1-5(8)9-4-3-7/h2-3,5,8H,1,4H2/t5-/m1/s1. The Morgan fingerprint density at radius 2 is 2.11 bits per heavy atom. The van der Waals surface area contributed by atoms with Crippen LogP contribution in [0.15, 0.2) is 0 Å². The average molecular weight is 132 g/mol. The molecule has 0 radical (unpaired) electrons. The average Bonchev–Trinajstić information content (AvgIpc) is 1.85. The van der Waals surface area contributed by atoms with E-state index in [4.69, 9.17) is 5.11 Å². The molecule has 0 fully saturated rings. The van der Waals surface area contributed by atoms with Gasteiger partial charge in [0.25, 0.3) is 0 Å². The van der Waals surface area contributed by atoms with E-state index in [-0.39, 0.29) is 13.0 Å². The number of aliphatic hydroxyl groups is 1. The van der Waals surface area contributed by atoms with Gasteiger partial charge in [-0.05, 0) is 0 Å². The first-order valence-corrected chi connectivity index (χ1v) is 2.48.